The van der Waals surface area contributed by atoms with Crippen LogP contribution in [0.25, 0.3) is 0 Å². The van der Waals surface area contributed by atoms with E-state index >= 15 is 0 Å². The van der Waals surface area contributed by atoms with Crippen LogP contribution < -0.4 is 0 Å². The third-order valence-electron chi connectivity index (χ3n) is 3.95. The van der Waals surface area contributed by atoms with Gasteiger partial charge in [-0.05, 0) is 43.2 Å². The summed E-state index contributed by atoms with van der Waals surface area (Å²) in [5, 5.41) is 2.07. The van der Waals surface area contributed by atoms with Crippen LogP contribution in [-0.2, 0) is 17.8 Å². The smallest absolute Gasteiger partial charge is 0.223 e. The summed E-state index contributed by atoms with van der Waals surface area (Å²) in [5.74, 6) is 0.298. The molecule has 0 unspecified atom stereocenters. The van der Waals surface area contributed by atoms with Crippen LogP contribution in [0.3, 0.4) is 0 Å². The molecule has 0 atom stereocenters. The number of nitrogens with zero attached hydrogens (tertiary/aromatic N) is 1. The molecule has 2 aromatic rings. The predicted molar refractivity (Wildman–Crippen MR) is 87.4 cm³/mol. The minimum absolute atomic E-state index is 0.298. The molecule has 0 radical (unpaired) electrons. The van der Waals surface area contributed by atoms with Crippen LogP contribution in [-0.4, -0.2) is 16.8 Å². The van der Waals surface area contributed by atoms with Gasteiger partial charge in [0, 0.05) is 23.9 Å². The van der Waals surface area contributed by atoms with Crippen LogP contribution in [0, 0.1) is 6.92 Å². The Morgan fingerprint density at radius 2 is 2.00 bits per heavy atom. The maximum absolute atomic E-state index is 12.5. The molecule has 0 aliphatic heterocycles. The van der Waals surface area contributed by atoms with E-state index in [0.29, 0.717) is 18.4 Å². The van der Waals surface area contributed by atoms with Crippen molar-refractivity contribution in [3.05, 3.63) is 57.8 Å². The Hall–Kier alpha value is -1.61. The molecule has 1 saturated carbocycles. The van der Waals surface area contributed by atoms with Gasteiger partial charge in [-0.1, -0.05) is 35.9 Å². The molecule has 1 heterocycles. The van der Waals surface area contributed by atoms with Crippen molar-refractivity contribution in [3.8, 4) is 0 Å². The average molecular weight is 299 g/mol. The molecule has 1 amide bonds. The molecule has 1 fully saturated rings. The SMILES string of the molecule is Cc1ccc(CN(C(=O)CCc2cccs2)C2CC2)cc1. The standard InChI is InChI=1S/C18H21NOS/c1-14-4-6-15(7-5-14)13-19(16-8-9-16)18(20)11-10-17-3-2-12-21-17/h2-7,12,16H,8-11,13H2,1H3. The van der Waals surface area contributed by atoms with E-state index in [1.165, 1.54) is 16.0 Å². The first-order valence-corrected chi connectivity index (χ1v) is 8.48. The van der Waals surface area contributed by atoms with Crippen LogP contribution in [0.4, 0.5) is 0 Å². The molecule has 0 N–H and O–H groups in total. The second-order valence-electron chi connectivity index (χ2n) is 5.82. The normalized spacial score (nSPS) is 14.1. The zero-order valence-electron chi connectivity index (χ0n) is 12.4. The lowest BCUT2D eigenvalue weighted by atomic mass is 10.1. The van der Waals surface area contributed by atoms with Crippen molar-refractivity contribution in [2.75, 3.05) is 0 Å². The van der Waals surface area contributed by atoms with E-state index in [4.69, 9.17) is 0 Å². The summed E-state index contributed by atoms with van der Waals surface area (Å²) in [5.41, 5.74) is 2.50. The fourth-order valence-corrected chi connectivity index (χ4v) is 3.23. The number of benzene rings is 1. The van der Waals surface area contributed by atoms with Gasteiger partial charge in [0.05, 0.1) is 0 Å². The molecule has 1 aliphatic rings. The minimum Gasteiger partial charge on any atom is -0.335 e. The molecular formula is C18H21NOS. The van der Waals surface area contributed by atoms with Crippen molar-refractivity contribution in [2.24, 2.45) is 0 Å². The van der Waals surface area contributed by atoms with Crippen molar-refractivity contribution in [1.29, 1.82) is 0 Å². The molecule has 1 aromatic heterocycles. The summed E-state index contributed by atoms with van der Waals surface area (Å²) in [6.45, 7) is 2.85. The first-order valence-electron chi connectivity index (χ1n) is 7.60. The van der Waals surface area contributed by atoms with Gasteiger partial charge < -0.3 is 4.90 Å². The number of rotatable bonds is 6. The highest BCUT2D eigenvalue weighted by atomic mass is 32.1. The summed E-state index contributed by atoms with van der Waals surface area (Å²) < 4.78 is 0. The number of aryl methyl sites for hydroxylation is 2. The molecule has 21 heavy (non-hydrogen) atoms. The number of hydrogen-bond acceptors (Lipinski definition) is 2. The molecule has 0 bridgehead atoms. The molecule has 3 rings (SSSR count). The first kappa shape index (κ1) is 14.3. The largest absolute Gasteiger partial charge is 0.335 e. The Balaban J connectivity index is 1.61. The van der Waals surface area contributed by atoms with E-state index in [-0.39, 0.29) is 0 Å². The van der Waals surface area contributed by atoms with E-state index < -0.39 is 0 Å². The van der Waals surface area contributed by atoms with Crippen LogP contribution in [0.2, 0.25) is 0 Å². The van der Waals surface area contributed by atoms with Gasteiger partial charge in [0.15, 0.2) is 0 Å². The lowest BCUT2D eigenvalue weighted by molar-refractivity contribution is -0.132. The lowest BCUT2D eigenvalue weighted by Gasteiger charge is -2.22. The van der Waals surface area contributed by atoms with Gasteiger partial charge in [-0.15, -0.1) is 11.3 Å². The van der Waals surface area contributed by atoms with Crippen molar-refractivity contribution in [1.82, 2.24) is 4.90 Å². The Morgan fingerprint density at radius 3 is 2.62 bits per heavy atom. The molecule has 3 heteroatoms. The van der Waals surface area contributed by atoms with E-state index in [0.717, 1.165) is 25.8 Å². The summed E-state index contributed by atoms with van der Waals surface area (Å²) in [7, 11) is 0. The zero-order valence-corrected chi connectivity index (χ0v) is 13.2. The number of carbonyl (C=O) groups excluding carboxylic acids is 1. The lowest BCUT2D eigenvalue weighted by Crippen LogP contribution is -2.32. The highest BCUT2D eigenvalue weighted by molar-refractivity contribution is 7.09. The highest BCUT2D eigenvalue weighted by Crippen LogP contribution is 2.29. The molecule has 2 nitrogen and oxygen atoms in total. The van der Waals surface area contributed by atoms with Crippen molar-refractivity contribution >= 4 is 17.2 Å². The van der Waals surface area contributed by atoms with Gasteiger partial charge in [0.25, 0.3) is 0 Å². The summed E-state index contributed by atoms with van der Waals surface area (Å²) >= 11 is 1.74. The second-order valence-corrected chi connectivity index (χ2v) is 6.85. The Kier molecular flexibility index (Phi) is 4.39. The molecule has 0 saturated heterocycles. The van der Waals surface area contributed by atoms with Gasteiger partial charge in [0.1, 0.15) is 0 Å². The van der Waals surface area contributed by atoms with Crippen molar-refractivity contribution in [2.45, 2.75) is 45.2 Å². The monoisotopic (exact) mass is 299 g/mol. The van der Waals surface area contributed by atoms with Crippen LogP contribution in [0.1, 0.15) is 35.3 Å². The second kappa shape index (κ2) is 6.44. The van der Waals surface area contributed by atoms with Gasteiger partial charge in [0.2, 0.25) is 5.91 Å². The average Bonchev–Trinajstić information content (AvgIpc) is 3.19. The van der Waals surface area contributed by atoms with Gasteiger partial charge in [-0.2, -0.15) is 0 Å². The van der Waals surface area contributed by atoms with Gasteiger partial charge in [-0.25, -0.2) is 0 Å². The van der Waals surface area contributed by atoms with E-state index in [1.54, 1.807) is 11.3 Å². The number of hydrogen-bond donors (Lipinski definition) is 0. The third-order valence-corrected chi connectivity index (χ3v) is 4.88. The molecule has 0 spiro atoms. The Labute approximate surface area is 130 Å². The quantitative estimate of drug-likeness (QED) is 0.783. The third kappa shape index (κ3) is 3.94. The molecule has 110 valence electrons. The minimum atomic E-state index is 0.298. The fraction of sp³-hybridized carbons (Fsp3) is 0.389. The molecular weight excluding hydrogens is 278 g/mol. The van der Waals surface area contributed by atoms with Gasteiger partial charge >= 0.3 is 0 Å². The topological polar surface area (TPSA) is 20.3 Å². The van der Waals surface area contributed by atoms with E-state index in [9.17, 15) is 4.79 Å². The van der Waals surface area contributed by atoms with Crippen LogP contribution >= 0.6 is 11.3 Å². The van der Waals surface area contributed by atoms with Gasteiger partial charge in [-0.3, -0.25) is 4.79 Å². The van der Waals surface area contributed by atoms with Crippen molar-refractivity contribution < 1.29 is 4.79 Å². The first-order chi connectivity index (χ1) is 10.2. The fourth-order valence-electron chi connectivity index (χ4n) is 2.53. The highest BCUT2D eigenvalue weighted by Gasteiger charge is 2.32. The summed E-state index contributed by atoms with van der Waals surface area (Å²) in [6.07, 6.45) is 3.82. The van der Waals surface area contributed by atoms with E-state index in [1.807, 2.05) is 0 Å². The summed E-state index contributed by atoms with van der Waals surface area (Å²) in [6, 6.07) is 13.2. The maximum atomic E-state index is 12.5. The summed E-state index contributed by atoms with van der Waals surface area (Å²) in [4.78, 5) is 15.9. The van der Waals surface area contributed by atoms with E-state index in [2.05, 4.69) is 53.6 Å². The Bertz CT molecular complexity index is 584. The van der Waals surface area contributed by atoms with Crippen LogP contribution in [0.15, 0.2) is 41.8 Å². The predicted octanol–water partition coefficient (Wildman–Crippen LogP) is 4.18. The number of carbonyl (C=O) groups is 1. The van der Waals surface area contributed by atoms with Crippen molar-refractivity contribution in [3.63, 3.8) is 0 Å². The molecule has 1 aliphatic carbocycles. The van der Waals surface area contributed by atoms with Crippen LogP contribution in [0.5, 0.6) is 0 Å². The maximum Gasteiger partial charge on any atom is 0.223 e. The Morgan fingerprint density at radius 1 is 1.24 bits per heavy atom. The number of amides is 1. The zero-order chi connectivity index (χ0) is 14.7. The molecule has 1 aromatic carbocycles. The number of thiophene rings is 1.